The van der Waals surface area contributed by atoms with Gasteiger partial charge in [0.2, 0.25) is 0 Å². The first kappa shape index (κ1) is 21.3. The summed E-state index contributed by atoms with van der Waals surface area (Å²) in [7, 11) is -0.710. The average molecular weight is 462 g/mol. The lowest BCUT2D eigenvalue weighted by Gasteiger charge is -2.31. The SMILES string of the molecule is CC(C)(C1=N[C@@H]2c3ccccc3C[C@@H]2O1)c1ccccc1P(c1ccccc1)c1ccccc1. The van der Waals surface area contributed by atoms with Crippen LogP contribution in [0.15, 0.2) is 114 Å². The van der Waals surface area contributed by atoms with Crippen molar-refractivity contribution in [1.82, 2.24) is 0 Å². The standard InChI is InChI=1S/C31H28NOP/c1-31(2,30-32-29-25-18-10-9-13-22(25)21-27(29)33-30)26-19-11-12-20-28(26)34(23-14-5-3-6-15-23)24-16-7-4-8-17-24/h3-20,27,29H,21H2,1-2H3/t27-,29+/m0/s1. The Kier molecular flexibility index (Phi) is 5.35. The Morgan fingerprint density at radius 2 is 1.32 bits per heavy atom. The number of nitrogens with zero attached hydrogens (tertiary/aromatic N) is 1. The Hall–Kier alpha value is -3.22. The second-order valence-electron chi connectivity index (χ2n) is 9.59. The van der Waals surface area contributed by atoms with Crippen molar-refractivity contribution in [3.63, 3.8) is 0 Å². The van der Waals surface area contributed by atoms with Crippen molar-refractivity contribution in [3.05, 3.63) is 126 Å². The van der Waals surface area contributed by atoms with Crippen molar-refractivity contribution in [2.24, 2.45) is 4.99 Å². The van der Waals surface area contributed by atoms with Gasteiger partial charge < -0.3 is 4.74 Å². The molecule has 168 valence electrons. The van der Waals surface area contributed by atoms with E-state index in [1.165, 1.54) is 32.6 Å². The van der Waals surface area contributed by atoms with E-state index in [1.54, 1.807) is 0 Å². The molecule has 4 aromatic carbocycles. The smallest absolute Gasteiger partial charge is 0.194 e. The van der Waals surface area contributed by atoms with E-state index in [0.717, 1.165) is 12.3 Å². The predicted octanol–water partition coefficient (Wildman–Crippen LogP) is 5.82. The number of fused-ring (bicyclic) bond motifs is 3. The first-order valence-corrected chi connectivity index (χ1v) is 13.3. The zero-order valence-corrected chi connectivity index (χ0v) is 20.5. The summed E-state index contributed by atoms with van der Waals surface area (Å²) in [4.78, 5) is 5.19. The number of hydrogen-bond acceptors (Lipinski definition) is 2. The van der Waals surface area contributed by atoms with Crippen LogP contribution < -0.4 is 15.9 Å². The first-order chi connectivity index (χ1) is 16.6. The summed E-state index contributed by atoms with van der Waals surface area (Å²) >= 11 is 0. The molecule has 0 spiro atoms. The summed E-state index contributed by atoms with van der Waals surface area (Å²) < 4.78 is 6.59. The molecule has 0 saturated heterocycles. The molecule has 0 unspecified atom stereocenters. The van der Waals surface area contributed by atoms with Crippen molar-refractivity contribution >= 4 is 29.7 Å². The number of ether oxygens (including phenoxy) is 1. The van der Waals surface area contributed by atoms with Gasteiger partial charge in [-0.1, -0.05) is 109 Å². The fourth-order valence-electron chi connectivity index (χ4n) is 5.30. The Morgan fingerprint density at radius 1 is 0.735 bits per heavy atom. The van der Waals surface area contributed by atoms with E-state index in [4.69, 9.17) is 9.73 Å². The first-order valence-electron chi connectivity index (χ1n) is 12.0. The molecule has 0 radical (unpaired) electrons. The lowest BCUT2D eigenvalue weighted by Crippen LogP contribution is -2.37. The molecule has 1 aliphatic carbocycles. The van der Waals surface area contributed by atoms with Crippen LogP contribution in [0.2, 0.25) is 0 Å². The quantitative estimate of drug-likeness (QED) is 0.344. The van der Waals surface area contributed by atoms with E-state index in [1.807, 2.05) is 0 Å². The molecular weight excluding hydrogens is 433 g/mol. The lowest BCUT2D eigenvalue weighted by atomic mass is 9.84. The number of hydrogen-bond donors (Lipinski definition) is 0. The molecule has 34 heavy (non-hydrogen) atoms. The van der Waals surface area contributed by atoms with Crippen LogP contribution in [-0.2, 0) is 16.6 Å². The van der Waals surface area contributed by atoms with Gasteiger partial charge >= 0.3 is 0 Å². The van der Waals surface area contributed by atoms with Crippen molar-refractivity contribution < 1.29 is 4.74 Å². The third-order valence-electron chi connectivity index (χ3n) is 7.05. The fraction of sp³-hybridized carbons (Fsp3) is 0.194. The van der Waals surface area contributed by atoms with Gasteiger partial charge in [-0.2, -0.15) is 0 Å². The highest BCUT2D eigenvalue weighted by molar-refractivity contribution is 7.79. The maximum atomic E-state index is 6.59. The van der Waals surface area contributed by atoms with Crippen molar-refractivity contribution in [1.29, 1.82) is 0 Å². The molecule has 0 N–H and O–H groups in total. The van der Waals surface area contributed by atoms with Crippen LogP contribution in [0, 0.1) is 0 Å². The minimum Gasteiger partial charge on any atom is -0.474 e. The summed E-state index contributed by atoms with van der Waals surface area (Å²) in [5, 5.41) is 4.07. The highest BCUT2D eigenvalue weighted by Gasteiger charge is 2.44. The molecule has 0 saturated carbocycles. The maximum absolute atomic E-state index is 6.59. The molecule has 3 heteroatoms. The van der Waals surface area contributed by atoms with Crippen molar-refractivity contribution in [2.45, 2.75) is 37.8 Å². The Morgan fingerprint density at radius 3 is 2.03 bits per heavy atom. The molecule has 0 amide bonds. The number of rotatable bonds is 5. The minimum atomic E-state index is -0.710. The predicted molar refractivity (Wildman–Crippen MR) is 143 cm³/mol. The van der Waals surface area contributed by atoms with Crippen LogP contribution >= 0.6 is 7.92 Å². The summed E-state index contributed by atoms with van der Waals surface area (Å²) in [6.07, 6.45) is 1.05. The fourth-order valence-corrected chi connectivity index (χ4v) is 7.92. The zero-order valence-electron chi connectivity index (χ0n) is 19.6. The largest absolute Gasteiger partial charge is 0.474 e. The van der Waals surface area contributed by atoms with Gasteiger partial charge in [-0.15, -0.1) is 0 Å². The van der Waals surface area contributed by atoms with Crippen LogP contribution in [-0.4, -0.2) is 12.0 Å². The molecule has 2 aliphatic rings. The molecule has 6 rings (SSSR count). The normalized spacial score (nSPS) is 18.9. The minimum absolute atomic E-state index is 0.113. The molecular formula is C31H28NOP. The van der Waals surface area contributed by atoms with Gasteiger partial charge in [0.15, 0.2) is 5.90 Å². The van der Waals surface area contributed by atoms with Crippen molar-refractivity contribution in [3.8, 4) is 0 Å². The van der Waals surface area contributed by atoms with E-state index >= 15 is 0 Å². The van der Waals surface area contributed by atoms with Gasteiger partial charge in [0.25, 0.3) is 0 Å². The molecule has 0 aromatic heterocycles. The van der Waals surface area contributed by atoms with Crippen LogP contribution in [0.1, 0.15) is 36.6 Å². The van der Waals surface area contributed by atoms with Crippen LogP contribution in [0.3, 0.4) is 0 Å². The van der Waals surface area contributed by atoms with Gasteiger partial charge in [0.05, 0.1) is 5.41 Å². The van der Waals surface area contributed by atoms with E-state index < -0.39 is 7.92 Å². The maximum Gasteiger partial charge on any atom is 0.194 e. The lowest BCUT2D eigenvalue weighted by molar-refractivity contribution is 0.192. The Labute approximate surface area is 203 Å². The molecule has 4 aromatic rings. The van der Waals surface area contributed by atoms with E-state index in [2.05, 4.69) is 123 Å². The van der Waals surface area contributed by atoms with E-state index in [0.29, 0.717) is 0 Å². The van der Waals surface area contributed by atoms with Crippen LogP contribution in [0.5, 0.6) is 0 Å². The summed E-state index contributed by atoms with van der Waals surface area (Å²) in [6, 6.07) is 39.4. The Balaban J connectivity index is 1.45. The van der Waals surface area contributed by atoms with Gasteiger partial charge in [-0.05, 0) is 54.4 Å². The monoisotopic (exact) mass is 461 g/mol. The number of aliphatic imine (C=N–C) groups is 1. The average Bonchev–Trinajstić information content (AvgIpc) is 3.45. The van der Waals surface area contributed by atoms with Crippen LogP contribution in [0.25, 0.3) is 0 Å². The molecule has 2 nitrogen and oxygen atoms in total. The summed E-state index contributed by atoms with van der Waals surface area (Å²) in [5.41, 5.74) is 3.65. The van der Waals surface area contributed by atoms with Gasteiger partial charge in [0.1, 0.15) is 12.1 Å². The van der Waals surface area contributed by atoms with Gasteiger partial charge in [-0.3, -0.25) is 0 Å². The topological polar surface area (TPSA) is 21.6 Å². The van der Waals surface area contributed by atoms with Gasteiger partial charge in [-0.25, -0.2) is 4.99 Å². The summed E-state index contributed by atoms with van der Waals surface area (Å²) in [6.45, 7) is 4.53. The highest BCUT2D eigenvalue weighted by atomic mass is 31.1. The number of benzene rings is 4. The molecule has 0 bridgehead atoms. The van der Waals surface area contributed by atoms with E-state index in [-0.39, 0.29) is 17.6 Å². The second kappa shape index (κ2) is 8.53. The third-order valence-corrected chi connectivity index (χ3v) is 9.55. The third kappa shape index (κ3) is 3.58. The Bertz CT molecular complexity index is 1310. The van der Waals surface area contributed by atoms with Crippen LogP contribution in [0.4, 0.5) is 0 Å². The molecule has 1 heterocycles. The highest BCUT2D eigenvalue weighted by Crippen LogP contribution is 2.44. The van der Waals surface area contributed by atoms with Crippen molar-refractivity contribution in [2.75, 3.05) is 0 Å². The second-order valence-corrected chi connectivity index (χ2v) is 11.8. The molecule has 0 fully saturated rings. The van der Waals surface area contributed by atoms with E-state index in [9.17, 15) is 0 Å². The zero-order chi connectivity index (χ0) is 23.1. The summed E-state index contributed by atoms with van der Waals surface area (Å²) in [5.74, 6) is 0.862. The molecule has 2 atom stereocenters. The molecule has 1 aliphatic heterocycles. The van der Waals surface area contributed by atoms with Gasteiger partial charge in [0, 0.05) is 6.42 Å².